The zero-order valence-corrected chi connectivity index (χ0v) is 24.0. The lowest BCUT2D eigenvalue weighted by molar-refractivity contribution is -0.161. The number of phosphoric acid groups is 1. The fourth-order valence-electron chi connectivity index (χ4n) is 5.32. The third-order valence-corrected chi connectivity index (χ3v) is 8.56. The second-order valence-corrected chi connectivity index (χ2v) is 11.4. The maximum atomic E-state index is 14.0. The van der Waals surface area contributed by atoms with Gasteiger partial charge in [-0.15, -0.1) is 10.1 Å². The van der Waals surface area contributed by atoms with Gasteiger partial charge in [-0.2, -0.15) is 9.25 Å². The number of hydrogen-bond donors (Lipinski definition) is 2. The highest BCUT2D eigenvalue weighted by Crippen LogP contribution is 2.53. The minimum Gasteiger partial charge on any atom is -0.314 e. The smallest absolute Gasteiger partial charge is 0.314 e. The van der Waals surface area contributed by atoms with E-state index in [0.717, 1.165) is 7.11 Å². The lowest BCUT2D eigenvalue weighted by Gasteiger charge is -2.28. The van der Waals surface area contributed by atoms with Crippen LogP contribution in [0.15, 0.2) is 121 Å². The summed E-state index contributed by atoms with van der Waals surface area (Å²) in [5, 5.41) is 5.69. The van der Waals surface area contributed by atoms with E-state index in [1.165, 1.54) is 0 Å². The first-order chi connectivity index (χ1) is 21.2. The highest BCUT2D eigenvalue weighted by Gasteiger charge is 2.60. The van der Waals surface area contributed by atoms with Crippen LogP contribution in [-0.4, -0.2) is 41.1 Å². The van der Waals surface area contributed by atoms with Crippen molar-refractivity contribution < 1.29 is 37.5 Å². The van der Waals surface area contributed by atoms with Gasteiger partial charge in [-0.25, -0.2) is 14.2 Å². The van der Waals surface area contributed by atoms with Crippen LogP contribution < -0.4 is 10.6 Å². The Bertz CT molecular complexity index is 1570. The molecule has 0 atom stereocenters. The molecule has 2 fully saturated rings. The number of nitrogens with one attached hydrogen (secondary N) is 2. The quantitative estimate of drug-likeness (QED) is 0.206. The standard InChI is InChI=1S/C31H25N4O8P/c1-41-44(40,42-34-26(36)30(32-28(34)38,22-14-6-2-7-15-22)23-16-8-3-9-17-23)43-35-27(37)31(33-29(35)39,24-18-10-4-11-19-24)25-20-12-5-13-21-25/h2-21H,1H3,(H,32,38)(H,33,39). The molecular weight excluding hydrogens is 587 g/mol. The Morgan fingerprint density at radius 3 is 1.05 bits per heavy atom. The van der Waals surface area contributed by atoms with E-state index in [4.69, 9.17) is 13.8 Å². The molecule has 6 amide bonds. The Morgan fingerprint density at radius 1 is 0.523 bits per heavy atom. The highest BCUT2D eigenvalue weighted by molar-refractivity contribution is 7.48. The molecule has 2 aliphatic rings. The van der Waals surface area contributed by atoms with Crippen LogP contribution in [0.5, 0.6) is 0 Å². The fourth-order valence-corrected chi connectivity index (χ4v) is 6.18. The van der Waals surface area contributed by atoms with Crippen LogP contribution in [0.3, 0.4) is 0 Å². The Kier molecular flexibility index (Phi) is 7.36. The summed E-state index contributed by atoms with van der Waals surface area (Å²) in [5.74, 6) is -1.92. The number of nitrogens with zero attached hydrogens (tertiary/aromatic N) is 2. The Labute approximate surface area is 251 Å². The second-order valence-electron chi connectivity index (χ2n) is 9.82. The van der Waals surface area contributed by atoms with E-state index in [1.807, 2.05) is 0 Å². The number of imide groups is 2. The minimum absolute atomic E-state index is 0.213. The van der Waals surface area contributed by atoms with Gasteiger partial charge >= 0.3 is 19.9 Å². The summed E-state index contributed by atoms with van der Waals surface area (Å²) in [5.41, 5.74) is -1.92. The lowest BCUT2D eigenvalue weighted by atomic mass is 9.83. The monoisotopic (exact) mass is 612 g/mol. The van der Waals surface area contributed by atoms with Crippen LogP contribution in [0.2, 0.25) is 0 Å². The van der Waals surface area contributed by atoms with Gasteiger partial charge in [0.15, 0.2) is 11.1 Å². The molecule has 222 valence electrons. The van der Waals surface area contributed by atoms with Crippen LogP contribution in [0.1, 0.15) is 22.3 Å². The third-order valence-electron chi connectivity index (χ3n) is 7.38. The van der Waals surface area contributed by atoms with Crippen LogP contribution >= 0.6 is 7.82 Å². The normalized spacial score (nSPS) is 17.5. The molecule has 4 aromatic carbocycles. The van der Waals surface area contributed by atoms with E-state index in [-0.39, 0.29) is 10.1 Å². The molecule has 0 bridgehead atoms. The number of carbonyl (C=O) groups excluding carboxylic acids is 4. The number of urea groups is 2. The fraction of sp³-hybridized carbons (Fsp3) is 0.0968. The maximum Gasteiger partial charge on any atom is 0.519 e. The molecule has 2 aliphatic heterocycles. The average molecular weight is 613 g/mol. The highest BCUT2D eigenvalue weighted by atomic mass is 31.2. The number of hydroxylamine groups is 4. The topological polar surface area (TPSA) is 144 Å². The van der Waals surface area contributed by atoms with Gasteiger partial charge in [-0.1, -0.05) is 121 Å². The summed E-state index contributed by atoms with van der Waals surface area (Å²) in [6.45, 7) is 0. The molecule has 44 heavy (non-hydrogen) atoms. The van der Waals surface area contributed by atoms with Gasteiger partial charge in [0.1, 0.15) is 0 Å². The number of carbonyl (C=O) groups is 4. The first kappa shape index (κ1) is 29.0. The van der Waals surface area contributed by atoms with Gasteiger partial charge in [-0.05, 0) is 22.3 Å². The predicted octanol–water partition coefficient (Wildman–Crippen LogP) is 4.60. The van der Waals surface area contributed by atoms with Gasteiger partial charge in [0.05, 0.1) is 0 Å². The van der Waals surface area contributed by atoms with Crippen molar-refractivity contribution in [3.8, 4) is 0 Å². The largest absolute Gasteiger partial charge is 0.519 e. The number of benzene rings is 4. The van der Waals surface area contributed by atoms with E-state index < -0.39 is 42.8 Å². The number of hydrogen-bond acceptors (Lipinski definition) is 8. The van der Waals surface area contributed by atoms with Crippen LogP contribution in [0, 0.1) is 0 Å². The molecule has 0 aromatic heterocycles. The molecular formula is C31H25N4O8P. The zero-order valence-electron chi connectivity index (χ0n) is 23.2. The molecule has 2 N–H and O–H groups in total. The average Bonchev–Trinajstić information content (AvgIpc) is 3.47. The van der Waals surface area contributed by atoms with E-state index in [9.17, 15) is 23.7 Å². The van der Waals surface area contributed by atoms with Gasteiger partial charge in [-0.3, -0.25) is 14.1 Å². The van der Waals surface area contributed by atoms with Gasteiger partial charge < -0.3 is 10.6 Å². The number of amides is 6. The SMILES string of the molecule is COP(=O)(ON1C(=O)NC(c2ccccc2)(c2ccccc2)C1=O)ON1C(=O)NC(c2ccccc2)(c2ccccc2)C1=O. The van der Waals surface area contributed by atoms with Crippen LogP contribution in [0.4, 0.5) is 9.59 Å². The van der Waals surface area contributed by atoms with Gasteiger partial charge in [0.25, 0.3) is 11.8 Å². The second kappa shape index (κ2) is 11.2. The van der Waals surface area contributed by atoms with Gasteiger partial charge in [0, 0.05) is 7.11 Å². The summed E-state index contributed by atoms with van der Waals surface area (Å²) in [7, 11) is -4.12. The van der Waals surface area contributed by atoms with Gasteiger partial charge in [0.2, 0.25) is 0 Å². The number of rotatable bonds is 9. The van der Waals surface area contributed by atoms with Crippen molar-refractivity contribution >= 4 is 31.7 Å². The molecule has 4 aromatic rings. The van der Waals surface area contributed by atoms with Crippen LogP contribution in [-0.2, 0) is 39.0 Å². The minimum atomic E-state index is -5.04. The van der Waals surface area contributed by atoms with Crippen molar-refractivity contribution in [3.05, 3.63) is 144 Å². The van der Waals surface area contributed by atoms with E-state index >= 15 is 0 Å². The molecule has 0 aliphatic carbocycles. The summed E-state index contributed by atoms with van der Waals surface area (Å²) >= 11 is 0. The molecule has 2 saturated heterocycles. The van der Waals surface area contributed by atoms with Crippen molar-refractivity contribution in [2.24, 2.45) is 0 Å². The molecule has 0 saturated carbocycles. The van der Waals surface area contributed by atoms with Crippen molar-refractivity contribution in [1.29, 1.82) is 0 Å². The Hall–Kier alpha value is -5.13. The molecule has 12 nitrogen and oxygen atoms in total. The molecule has 0 unspecified atom stereocenters. The maximum absolute atomic E-state index is 14.0. The molecule has 0 radical (unpaired) electrons. The zero-order chi connectivity index (χ0) is 31.0. The summed E-state index contributed by atoms with van der Waals surface area (Å²) in [4.78, 5) is 54.5. The van der Waals surface area contributed by atoms with E-state index in [1.54, 1.807) is 121 Å². The Morgan fingerprint density at radius 2 is 0.795 bits per heavy atom. The molecule has 6 rings (SSSR count). The third kappa shape index (κ3) is 4.57. The van der Waals surface area contributed by atoms with E-state index in [2.05, 4.69) is 10.6 Å². The molecule has 0 spiro atoms. The Balaban J connectivity index is 1.34. The summed E-state index contributed by atoms with van der Waals surface area (Å²) in [6.07, 6.45) is 0. The first-order valence-electron chi connectivity index (χ1n) is 13.4. The molecule has 13 heteroatoms. The first-order valence-corrected chi connectivity index (χ1v) is 14.8. The van der Waals surface area contributed by atoms with Crippen molar-refractivity contribution in [2.75, 3.05) is 7.11 Å². The van der Waals surface area contributed by atoms with Crippen LogP contribution in [0.25, 0.3) is 0 Å². The van der Waals surface area contributed by atoms with E-state index in [0.29, 0.717) is 22.3 Å². The summed E-state index contributed by atoms with van der Waals surface area (Å²) < 4.78 is 29.4. The lowest BCUT2D eigenvalue weighted by Crippen LogP contribution is -2.45. The van der Waals surface area contributed by atoms with Crippen molar-refractivity contribution in [2.45, 2.75) is 11.1 Å². The predicted molar refractivity (Wildman–Crippen MR) is 155 cm³/mol. The molecule has 2 heterocycles. The summed E-state index contributed by atoms with van der Waals surface area (Å²) in [6, 6.07) is 31.5. The van der Waals surface area contributed by atoms with Crippen molar-refractivity contribution in [1.82, 2.24) is 20.8 Å². The van der Waals surface area contributed by atoms with Crippen molar-refractivity contribution in [3.63, 3.8) is 0 Å².